The number of aromatic nitrogens is 2. The summed E-state index contributed by atoms with van der Waals surface area (Å²) in [5, 5.41) is 6.50. The zero-order valence-corrected chi connectivity index (χ0v) is 14.6. The van der Waals surface area contributed by atoms with Gasteiger partial charge < -0.3 is 15.0 Å². The predicted molar refractivity (Wildman–Crippen MR) is 93.7 cm³/mol. The topological polar surface area (TPSA) is 79.4 Å². The van der Waals surface area contributed by atoms with Crippen molar-refractivity contribution < 1.29 is 9.53 Å². The Morgan fingerprint density at radius 2 is 2.04 bits per heavy atom. The lowest BCUT2D eigenvalue weighted by atomic mass is 9.98. The Morgan fingerprint density at radius 3 is 2.75 bits per heavy atom. The molecule has 0 aromatic carbocycles. The number of amides is 2. The second-order valence-electron chi connectivity index (χ2n) is 6.51. The van der Waals surface area contributed by atoms with E-state index in [0.29, 0.717) is 23.1 Å². The number of rotatable bonds is 3. The fraction of sp³-hybridized carbons (Fsp3) is 0.562. The highest BCUT2D eigenvalue weighted by Gasteiger charge is 2.38. The summed E-state index contributed by atoms with van der Waals surface area (Å²) < 4.78 is 5.11. The van der Waals surface area contributed by atoms with E-state index in [0.717, 1.165) is 23.2 Å². The highest BCUT2D eigenvalue weighted by Crippen LogP contribution is 2.34. The van der Waals surface area contributed by atoms with Gasteiger partial charge in [-0.05, 0) is 38.8 Å². The van der Waals surface area contributed by atoms with Gasteiger partial charge in [0.1, 0.15) is 10.3 Å². The van der Waals surface area contributed by atoms with Crippen LogP contribution in [-0.4, -0.2) is 53.2 Å². The van der Waals surface area contributed by atoms with Gasteiger partial charge >= 0.3 is 6.03 Å². The summed E-state index contributed by atoms with van der Waals surface area (Å²) in [7, 11) is 3.78. The van der Waals surface area contributed by atoms with Crippen molar-refractivity contribution in [1.29, 1.82) is 0 Å². The Morgan fingerprint density at radius 1 is 1.29 bits per heavy atom. The number of hydrogen-bond donors (Lipinski definition) is 2. The molecular formula is C16H21N5O2S. The molecule has 0 aliphatic carbocycles. The maximum Gasteiger partial charge on any atom is 0.321 e. The lowest BCUT2D eigenvalue weighted by molar-refractivity contribution is 0.151. The Hall–Kier alpha value is -1.93. The first kappa shape index (κ1) is 15.6. The Bertz CT molecular complexity index is 750. The molecule has 2 aromatic heterocycles. The Balaban J connectivity index is 1.39. The van der Waals surface area contributed by atoms with E-state index in [1.807, 2.05) is 6.07 Å². The molecule has 4 rings (SSSR count). The highest BCUT2D eigenvalue weighted by molar-refractivity contribution is 7.21. The Labute approximate surface area is 144 Å². The van der Waals surface area contributed by atoms with Crippen LogP contribution in [0, 0.1) is 0 Å². The molecule has 2 N–H and O–H groups in total. The summed E-state index contributed by atoms with van der Waals surface area (Å²) in [6, 6.07) is 4.87. The number of methoxy groups -OCH3 is 1. The van der Waals surface area contributed by atoms with Crippen molar-refractivity contribution in [3.05, 3.63) is 12.1 Å². The van der Waals surface area contributed by atoms with Crippen molar-refractivity contribution in [2.75, 3.05) is 19.5 Å². The van der Waals surface area contributed by atoms with Crippen LogP contribution in [0.4, 0.5) is 9.93 Å². The first-order chi connectivity index (χ1) is 11.6. The van der Waals surface area contributed by atoms with Crippen molar-refractivity contribution in [3.63, 3.8) is 0 Å². The molecule has 2 atom stereocenters. The lowest BCUT2D eigenvalue weighted by Crippen LogP contribution is -2.49. The van der Waals surface area contributed by atoms with Crippen LogP contribution >= 0.6 is 11.3 Å². The first-order valence-electron chi connectivity index (χ1n) is 8.23. The molecule has 7 nitrogen and oxygen atoms in total. The van der Waals surface area contributed by atoms with Crippen LogP contribution in [0.5, 0.6) is 5.88 Å². The third kappa shape index (κ3) is 2.91. The van der Waals surface area contributed by atoms with Gasteiger partial charge in [-0.1, -0.05) is 11.3 Å². The molecule has 4 heterocycles. The molecule has 0 spiro atoms. The second-order valence-corrected chi connectivity index (χ2v) is 7.49. The van der Waals surface area contributed by atoms with Crippen LogP contribution in [0.3, 0.4) is 0 Å². The summed E-state index contributed by atoms with van der Waals surface area (Å²) in [6.07, 6.45) is 4.54. The fourth-order valence-corrected chi connectivity index (χ4v) is 4.64. The number of pyridine rings is 1. The van der Waals surface area contributed by atoms with Crippen molar-refractivity contribution in [3.8, 4) is 5.88 Å². The van der Waals surface area contributed by atoms with Crippen LogP contribution in [0.2, 0.25) is 0 Å². The molecule has 2 unspecified atom stereocenters. The summed E-state index contributed by atoms with van der Waals surface area (Å²) in [6.45, 7) is 0. The van der Waals surface area contributed by atoms with E-state index in [2.05, 4.69) is 32.5 Å². The van der Waals surface area contributed by atoms with Gasteiger partial charge in [-0.2, -0.15) is 0 Å². The molecule has 2 amide bonds. The van der Waals surface area contributed by atoms with Crippen LogP contribution in [0.1, 0.15) is 25.7 Å². The smallest absolute Gasteiger partial charge is 0.321 e. The molecule has 2 saturated heterocycles. The number of urea groups is 1. The SMILES string of the molecule is COc1ccc2nc(NC(=O)NC3CC4CCC(C3)N4C)sc2n1. The second kappa shape index (κ2) is 6.18. The average molecular weight is 347 g/mol. The number of hydrogen-bond acceptors (Lipinski definition) is 6. The first-order valence-corrected chi connectivity index (χ1v) is 9.05. The number of fused-ring (bicyclic) bond motifs is 3. The van der Waals surface area contributed by atoms with E-state index in [1.165, 1.54) is 24.2 Å². The molecule has 8 heteroatoms. The predicted octanol–water partition coefficient (Wildman–Crippen LogP) is 2.45. The normalized spacial score (nSPS) is 26.5. The number of carbonyl (C=O) groups excluding carboxylic acids is 1. The van der Waals surface area contributed by atoms with Crippen molar-refractivity contribution in [1.82, 2.24) is 20.2 Å². The van der Waals surface area contributed by atoms with Gasteiger partial charge in [0.25, 0.3) is 0 Å². The van der Waals surface area contributed by atoms with E-state index < -0.39 is 0 Å². The van der Waals surface area contributed by atoms with Crippen LogP contribution in [0.25, 0.3) is 10.3 Å². The summed E-state index contributed by atoms with van der Waals surface area (Å²) in [5.74, 6) is 0.545. The minimum absolute atomic E-state index is 0.185. The molecule has 24 heavy (non-hydrogen) atoms. The summed E-state index contributed by atoms with van der Waals surface area (Å²) in [5.41, 5.74) is 0.758. The number of anilines is 1. The minimum Gasteiger partial charge on any atom is -0.481 e. The highest BCUT2D eigenvalue weighted by atomic mass is 32.1. The summed E-state index contributed by atoms with van der Waals surface area (Å²) in [4.78, 5) is 24.2. The molecule has 2 aliphatic heterocycles. The van der Waals surface area contributed by atoms with Crippen LogP contribution in [0.15, 0.2) is 12.1 Å². The van der Waals surface area contributed by atoms with E-state index in [9.17, 15) is 4.79 Å². The average Bonchev–Trinajstić information content (AvgIpc) is 3.02. The number of ether oxygens (including phenoxy) is 1. The molecule has 2 aromatic rings. The van der Waals surface area contributed by atoms with E-state index in [-0.39, 0.29) is 12.1 Å². The van der Waals surface area contributed by atoms with Gasteiger partial charge in [-0.15, -0.1) is 0 Å². The van der Waals surface area contributed by atoms with Gasteiger partial charge in [0.15, 0.2) is 5.13 Å². The van der Waals surface area contributed by atoms with E-state index >= 15 is 0 Å². The Kier molecular flexibility index (Phi) is 4.01. The van der Waals surface area contributed by atoms with E-state index in [4.69, 9.17) is 4.74 Å². The maximum atomic E-state index is 12.3. The number of carbonyl (C=O) groups is 1. The van der Waals surface area contributed by atoms with Crippen molar-refractivity contribution in [2.24, 2.45) is 0 Å². The minimum atomic E-state index is -0.185. The molecule has 2 bridgehead atoms. The number of piperidine rings is 1. The van der Waals surface area contributed by atoms with Gasteiger partial charge in [0.05, 0.1) is 7.11 Å². The fourth-order valence-electron chi connectivity index (χ4n) is 3.82. The van der Waals surface area contributed by atoms with Gasteiger partial charge in [-0.25, -0.2) is 14.8 Å². The maximum absolute atomic E-state index is 12.3. The number of nitrogens with zero attached hydrogens (tertiary/aromatic N) is 3. The number of nitrogens with one attached hydrogen (secondary N) is 2. The molecular weight excluding hydrogens is 326 g/mol. The molecule has 128 valence electrons. The van der Waals surface area contributed by atoms with Gasteiger partial charge in [-0.3, -0.25) is 5.32 Å². The van der Waals surface area contributed by atoms with Gasteiger partial charge in [0, 0.05) is 24.2 Å². The lowest BCUT2D eigenvalue weighted by Gasteiger charge is -2.36. The van der Waals surface area contributed by atoms with Crippen molar-refractivity contribution >= 4 is 32.8 Å². The molecule has 0 radical (unpaired) electrons. The van der Waals surface area contributed by atoms with Gasteiger partial charge in [0.2, 0.25) is 5.88 Å². The standard InChI is InChI=1S/C16H21N5O2S/c1-21-10-3-4-11(21)8-9(7-10)17-15(22)20-16-18-12-5-6-13(23-2)19-14(12)24-16/h5-6,9-11H,3-4,7-8H2,1-2H3,(H2,17,18,20,22). The monoisotopic (exact) mass is 347 g/mol. The molecule has 2 fully saturated rings. The van der Waals surface area contributed by atoms with Crippen LogP contribution < -0.4 is 15.4 Å². The summed E-state index contributed by atoms with van der Waals surface area (Å²) >= 11 is 1.35. The largest absolute Gasteiger partial charge is 0.481 e. The van der Waals surface area contributed by atoms with E-state index in [1.54, 1.807) is 13.2 Å². The zero-order valence-electron chi connectivity index (χ0n) is 13.8. The third-order valence-electron chi connectivity index (χ3n) is 5.09. The molecule has 0 saturated carbocycles. The molecule has 2 aliphatic rings. The number of thiazole rings is 1. The van der Waals surface area contributed by atoms with Crippen LogP contribution in [-0.2, 0) is 0 Å². The zero-order chi connectivity index (χ0) is 16.7. The quantitative estimate of drug-likeness (QED) is 0.891. The van der Waals surface area contributed by atoms with Crippen molar-refractivity contribution in [2.45, 2.75) is 43.8 Å². The third-order valence-corrected chi connectivity index (χ3v) is 5.97.